The van der Waals surface area contributed by atoms with Crippen LogP contribution in [0, 0.1) is 0 Å². The lowest BCUT2D eigenvalue weighted by Gasteiger charge is -2.10. The largest absolute Gasteiger partial charge is 0.475 e. The van der Waals surface area contributed by atoms with Crippen LogP contribution in [0.1, 0.15) is 10.6 Å². The van der Waals surface area contributed by atoms with Gasteiger partial charge in [0, 0.05) is 0 Å². The number of hydrogen-bond acceptors (Lipinski definition) is 5. The van der Waals surface area contributed by atoms with Crippen molar-refractivity contribution < 1.29 is 14.7 Å². The van der Waals surface area contributed by atoms with E-state index in [-0.39, 0.29) is 18.3 Å². The molecule has 0 aliphatic carbocycles. The van der Waals surface area contributed by atoms with Gasteiger partial charge in [-0.05, 0) is 0 Å². The lowest BCUT2D eigenvalue weighted by Crippen LogP contribution is -2.35. The number of urea groups is 1. The molecule has 8 nitrogen and oxygen atoms in total. The number of carboxylic acids is 1. The number of nitrogens with zero attached hydrogens (tertiary/aromatic N) is 3. The summed E-state index contributed by atoms with van der Waals surface area (Å²) in [5.74, 6) is -1.44. The van der Waals surface area contributed by atoms with Crippen LogP contribution >= 0.6 is 0 Å². The van der Waals surface area contributed by atoms with Crippen molar-refractivity contribution >= 4 is 23.5 Å². The Hall–Kier alpha value is -2.38. The average Bonchev–Trinajstić information content (AvgIpc) is 2.59. The standard InChI is InChI=1S/C7H7N5O3/c8-7(15)12-2-10-3-1-9-4(6(13)14)11-5(3)12/h1,10H,2H2,(H2,8,15)(H,13,14). The number of carbonyl (C=O) groups excluding carboxylic acids is 1. The number of fused-ring (bicyclic) bond motifs is 1. The molecule has 0 spiro atoms. The summed E-state index contributed by atoms with van der Waals surface area (Å²) in [4.78, 5) is 30.0. The molecule has 0 fully saturated rings. The molecule has 1 aromatic rings. The minimum Gasteiger partial charge on any atom is -0.475 e. The Bertz CT molecular complexity index is 446. The topological polar surface area (TPSA) is 121 Å². The highest BCUT2D eigenvalue weighted by atomic mass is 16.4. The smallest absolute Gasteiger partial charge is 0.374 e. The van der Waals surface area contributed by atoms with Crippen LogP contribution in [0.3, 0.4) is 0 Å². The van der Waals surface area contributed by atoms with Gasteiger partial charge in [0.2, 0.25) is 5.82 Å². The monoisotopic (exact) mass is 209 g/mol. The number of nitrogens with one attached hydrogen (secondary N) is 1. The summed E-state index contributed by atoms with van der Waals surface area (Å²) in [5.41, 5.74) is 5.56. The molecule has 0 saturated heterocycles. The number of carbonyl (C=O) groups is 2. The molecule has 78 valence electrons. The van der Waals surface area contributed by atoms with Crippen molar-refractivity contribution in [2.75, 3.05) is 16.9 Å². The van der Waals surface area contributed by atoms with Crippen LogP contribution in [0.5, 0.6) is 0 Å². The maximum atomic E-state index is 10.9. The molecule has 2 rings (SSSR count). The molecular formula is C7H7N5O3. The van der Waals surface area contributed by atoms with Gasteiger partial charge in [0.1, 0.15) is 0 Å². The number of aromatic nitrogens is 2. The Morgan fingerprint density at radius 3 is 2.93 bits per heavy atom. The second-order valence-electron chi connectivity index (χ2n) is 2.84. The molecule has 0 unspecified atom stereocenters. The van der Waals surface area contributed by atoms with Gasteiger partial charge in [0.05, 0.1) is 18.6 Å². The van der Waals surface area contributed by atoms with Crippen molar-refractivity contribution in [3.63, 3.8) is 0 Å². The molecule has 1 aromatic heterocycles. The van der Waals surface area contributed by atoms with Gasteiger partial charge >= 0.3 is 12.0 Å². The number of amides is 2. The Morgan fingerprint density at radius 1 is 1.60 bits per heavy atom. The summed E-state index contributed by atoms with van der Waals surface area (Å²) in [5, 5.41) is 11.5. The van der Waals surface area contributed by atoms with E-state index in [1.807, 2.05) is 0 Å². The Morgan fingerprint density at radius 2 is 2.33 bits per heavy atom. The first-order chi connectivity index (χ1) is 7.09. The van der Waals surface area contributed by atoms with Crippen LogP contribution in [-0.4, -0.2) is 33.7 Å². The molecule has 0 bridgehead atoms. The van der Waals surface area contributed by atoms with Crippen molar-refractivity contribution in [3.8, 4) is 0 Å². The van der Waals surface area contributed by atoms with E-state index in [1.54, 1.807) is 0 Å². The van der Waals surface area contributed by atoms with E-state index in [1.165, 1.54) is 6.20 Å². The maximum absolute atomic E-state index is 10.9. The fraction of sp³-hybridized carbons (Fsp3) is 0.143. The van der Waals surface area contributed by atoms with Crippen molar-refractivity contribution in [3.05, 3.63) is 12.0 Å². The van der Waals surface area contributed by atoms with Crippen LogP contribution in [0.4, 0.5) is 16.3 Å². The van der Waals surface area contributed by atoms with Crippen LogP contribution in [-0.2, 0) is 0 Å². The molecule has 8 heteroatoms. The highest BCUT2D eigenvalue weighted by molar-refractivity contribution is 5.96. The van der Waals surface area contributed by atoms with E-state index in [0.717, 1.165) is 4.90 Å². The zero-order chi connectivity index (χ0) is 11.0. The van der Waals surface area contributed by atoms with Crippen molar-refractivity contribution in [2.24, 2.45) is 5.73 Å². The number of aromatic carboxylic acids is 1. The van der Waals surface area contributed by atoms with Crippen LogP contribution in [0.25, 0.3) is 0 Å². The second-order valence-corrected chi connectivity index (χ2v) is 2.84. The Kier molecular flexibility index (Phi) is 1.89. The highest BCUT2D eigenvalue weighted by Crippen LogP contribution is 2.27. The fourth-order valence-corrected chi connectivity index (χ4v) is 1.23. The minimum absolute atomic E-state index is 0.169. The van der Waals surface area contributed by atoms with E-state index in [4.69, 9.17) is 10.8 Å². The summed E-state index contributed by atoms with van der Waals surface area (Å²) in [6.45, 7) is 0.169. The molecule has 4 N–H and O–H groups in total. The van der Waals surface area contributed by atoms with E-state index in [2.05, 4.69) is 15.3 Å². The van der Waals surface area contributed by atoms with Gasteiger partial charge in [0.15, 0.2) is 5.82 Å². The number of carboxylic acid groups (broad SMARTS) is 1. The maximum Gasteiger partial charge on any atom is 0.374 e. The van der Waals surface area contributed by atoms with Crippen molar-refractivity contribution in [2.45, 2.75) is 0 Å². The molecule has 0 aromatic carbocycles. The number of hydrogen-bond donors (Lipinski definition) is 3. The molecule has 0 radical (unpaired) electrons. The lowest BCUT2D eigenvalue weighted by atomic mass is 10.4. The molecule has 0 saturated carbocycles. The average molecular weight is 209 g/mol. The number of rotatable bonds is 1. The van der Waals surface area contributed by atoms with Crippen molar-refractivity contribution in [1.29, 1.82) is 0 Å². The van der Waals surface area contributed by atoms with E-state index in [9.17, 15) is 9.59 Å². The van der Waals surface area contributed by atoms with E-state index in [0.29, 0.717) is 5.69 Å². The molecule has 1 aliphatic rings. The normalized spacial score (nSPS) is 13.2. The quantitative estimate of drug-likeness (QED) is 0.570. The van der Waals surface area contributed by atoms with Gasteiger partial charge < -0.3 is 16.2 Å². The van der Waals surface area contributed by atoms with Crippen LogP contribution < -0.4 is 16.0 Å². The summed E-state index contributed by atoms with van der Waals surface area (Å²) < 4.78 is 0. The third-order valence-corrected chi connectivity index (χ3v) is 1.91. The fourth-order valence-electron chi connectivity index (χ4n) is 1.23. The van der Waals surface area contributed by atoms with Gasteiger partial charge in [-0.3, -0.25) is 4.90 Å². The predicted molar refractivity (Wildman–Crippen MR) is 49.5 cm³/mol. The van der Waals surface area contributed by atoms with Gasteiger partial charge in [-0.15, -0.1) is 0 Å². The van der Waals surface area contributed by atoms with Gasteiger partial charge in [-0.1, -0.05) is 0 Å². The summed E-state index contributed by atoms with van der Waals surface area (Å²) >= 11 is 0. The SMILES string of the molecule is NC(=O)N1CNc2cnc(C(=O)O)nc21. The molecule has 0 atom stereocenters. The molecular weight excluding hydrogens is 202 g/mol. The third-order valence-electron chi connectivity index (χ3n) is 1.91. The van der Waals surface area contributed by atoms with Crippen LogP contribution in [0.15, 0.2) is 6.20 Å². The first-order valence-corrected chi connectivity index (χ1v) is 4.01. The third kappa shape index (κ3) is 1.41. The predicted octanol–water partition coefficient (Wildman–Crippen LogP) is -0.557. The second kappa shape index (κ2) is 3.08. The summed E-state index contributed by atoms with van der Waals surface area (Å²) in [6.07, 6.45) is 1.30. The summed E-state index contributed by atoms with van der Waals surface area (Å²) in [7, 11) is 0. The molecule has 1 aliphatic heterocycles. The molecule has 15 heavy (non-hydrogen) atoms. The zero-order valence-corrected chi connectivity index (χ0v) is 7.47. The minimum atomic E-state index is -1.26. The lowest BCUT2D eigenvalue weighted by molar-refractivity contribution is 0.0683. The number of primary amides is 1. The molecule has 2 amide bonds. The van der Waals surface area contributed by atoms with Gasteiger partial charge in [-0.25, -0.2) is 19.6 Å². The number of nitrogens with two attached hydrogens (primary N) is 1. The zero-order valence-electron chi connectivity index (χ0n) is 7.47. The van der Waals surface area contributed by atoms with Crippen LogP contribution in [0.2, 0.25) is 0 Å². The van der Waals surface area contributed by atoms with E-state index >= 15 is 0 Å². The van der Waals surface area contributed by atoms with Crippen molar-refractivity contribution in [1.82, 2.24) is 9.97 Å². The Labute approximate surface area is 83.7 Å². The number of anilines is 2. The van der Waals surface area contributed by atoms with Gasteiger partial charge in [-0.2, -0.15) is 0 Å². The molecule has 2 heterocycles. The first kappa shape index (κ1) is 9.19. The van der Waals surface area contributed by atoms with E-state index < -0.39 is 12.0 Å². The van der Waals surface area contributed by atoms with Gasteiger partial charge in [0.25, 0.3) is 0 Å². The highest BCUT2D eigenvalue weighted by Gasteiger charge is 2.25. The first-order valence-electron chi connectivity index (χ1n) is 4.01. The summed E-state index contributed by atoms with van der Waals surface area (Å²) in [6, 6.07) is -0.698. The Balaban J connectivity index is 2.46.